The van der Waals surface area contributed by atoms with Crippen LogP contribution in [0, 0.1) is 0 Å². The zero-order valence-electron chi connectivity index (χ0n) is 11.0. The lowest BCUT2D eigenvalue weighted by Gasteiger charge is -2.31. The van der Waals surface area contributed by atoms with E-state index in [2.05, 4.69) is 19.2 Å². The standard InChI is InChI=1S/C13H22N2OS/c1-4-13(9-16-3,14-5-2)12-15-10-7-6-8-11(10)17-12/h14H,4-9H2,1-3H3. The van der Waals surface area contributed by atoms with Crippen LogP contribution in [0.2, 0.25) is 0 Å². The molecule has 0 saturated carbocycles. The highest BCUT2D eigenvalue weighted by Gasteiger charge is 2.34. The highest BCUT2D eigenvalue weighted by molar-refractivity contribution is 7.12. The Balaban J connectivity index is 2.29. The summed E-state index contributed by atoms with van der Waals surface area (Å²) >= 11 is 1.88. The number of fused-ring (bicyclic) bond motifs is 1. The number of rotatable bonds is 6. The van der Waals surface area contributed by atoms with Gasteiger partial charge in [-0.1, -0.05) is 13.8 Å². The van der Waals surface area contributed by atoms with Crippen LogP contribution in [0.25, 0.3) is 0 Å². The normalized spacial score (nSPS) is 18.1. The summed E-state index contributed by atoms with van der Waals surface area (Å²) in [6, 6.07) is 0. The summed E-state index contributed by atoms with van der Waals surface area (Å²) in [4.78, 5) is 6.34. The zero-order chi connectivity index (χ0) is 12.3. The molecule has 0 aliphatic heterocycles. The molecule has 1 N–H and O–H groups in total. The molecule has 1 unspecified atom stereocenters. The van der Waals surface area contributed by atoms with Crippen molar-refractivity contribution >= 4 is 11.3 Å². The van der Waals surface area contributed by atoms with E-state index in [1.54, 1.807) is 7.11 Å². The smallest absolute Gasteiger partial charge is 0.116 e. The van der Waals surface area contributed by atoms with Crippen LogP contribution < -0.4 is 5.32 Å². The number of aromatic nitrogens is 1. The van der Waals surface area contributed by atoms with Gasteiger partial charge in [-0.25, -0.2) is 4.98 Å². The molecule has 0 saturated heterocycles. The van der Waals surface area contributed by atoms with Crippen molar-refractivity contribution in [3.8, 4) is 0 Å². The predicted molar refractivity (Wildman–Crippen MR) is 71.7 cm³/mol. The Morgan fingerprint density at radius 2 is 2.24 bits per heavy atom. The molecule has 0 bridgehead atoms. The maximum atomic E-state index is 5.41. The van der Waals surface area contributed by atoms with Crippen molar-refractivity contribution in [2.75, 3.05) is 20.3 Å². The SMILES string of the molecule is CCNC(CC)(COC)c1nc2c(s1)CCC2. The van der Waals surface area contributed by atoms with Crippen LogP contribution in [0.3, 0.4) is 0 Å². The van der Waals surface area contributed by atoms with Gasteiger partial charge in [-0.05, 0) is 32.2 Å². The summed E-state index contributed by atoms with van der Waals surface area (Å²) in [5.41, 5.74) is 1.25. The molecule has 1 aromatic rings. The number of nitrogens with zero attached hydrogens (tertiary/aromatic N) is 1. The van der Waals surface area contributed by atoms with Gasteiger partial charge in [0, 0.05) is 12.0 Å². The fourth-order valence-corrected chi connectivity index (χ4v) is 3.92. The molecule has 0 spiro atoms. The number of ether oxygens (including phenoxy) is 1. The van der Waals surface area contributed by atoms with Crippen LogP contribution in [0.1, 0.15) is 42.3 Å². The van der Waals surface area contributed by atoms with E-state index in [1.165, 1.54) is 28.4 Å². The third-order valence-corrected chi connectivity index (χ3v) is 4.88. The van der Waals surface area contributed by atoms with Crippen molar-refractivity contribution in [1.29, 1.82) is 0 Å². The summed E-state index contributed by atoms with van der Waals surface area (Å²) in [7, 11) is 1.77. The number of likely N-dealkylation sites (N-methyl/N-ethyl adjacent to an activating group) is 1. The monoisotopic (exact) mass is 254 g/mol. The van der Waals surface area contributed by atoms with Gasteiger partial charge < -0.3 is 10.1 Å². The van der Waals surface area contributed by atoms with Gasteiger partial charge in [0.15, 0.2) is 0 Å². The van der Waals surface area contributed by atoms with Gasteiger partial charge in [0.05, 0.1) is 17.8 Å². The van der Waals surface area contributed by atoms with Crippen LogP contribution in [0.15, 0.2) is 0 Å². The summed E-state index contributed by atoms with van der Waals surface area (Å²) < 4.78 is 5.41. The van der Waals surface area contributed by atoms with E-state index in [4.69, 9.17) is 9.72 Å². The Kier molecular flexibility index (Phi) is 4.17. The van der Waals surface area contributed by atoms with Gasteiger partial charge >= 0.3 is 0 Å². The van der Waals surface area contributed by atoms with Gasteiger partial charge in [-0.2, -0.15) is 0 Å². The third-order valence-electron chi connectivity index (χ3n) is 3.51. The molecular weight excluding hydrogens is 232 g/mol. The molecule has 0 aromatic carbocycles. The first-order valence-corrected chi connectivity index (χ1v) is 7.30. The Morgan fingerprint density at radius 3 is 2.82 bits per heavy atom. The van der Waals surface area contributed by atoms with E-state index in [1.807, 2.05) is 11.3 Å². The summed E-state index contributed by atoms with van der Waals surface area (Å²) in [6.45, 7) is 5.99. The van der Waals surface area contributed by atoms with Gasteiger partial charge in [-0.3, -0.25) is 0 Å². The fourth-order valence-electron chi connectivity index (χ4n) is 2.55. The highest BCUT2D eigenvalue weighted by atomic mass is 32.1. The second-order valence-electron chi connectivity index (χ2n) is 4.64. The van der Waals surface area contributed by atoms with Crippen molar-refractivity contribution in [3.05, 3.63) is 15.6 Å². The Morgan fingerprint density at radius 1 is 1.41 bits per heavy atom. The van der Waals surface area contributed by atoms with Crippen LogP contribution in [-0.4, -0.2) is 25.2 Å². The Labute approximate surface area is 108 Å². The molecule has 96 valence electrons. The highest BCUT2D eigenvalue weighted by Crippen LogP contribution is 2.35. The van der Waals surface area contributed by atoms with E-state index in [9.17, 15) is 0 Å². The third kappa shape index (κ3) is 2.39. The average Bonchev–Trinajstić information content (AvgIpc) is 2.88. The molecule has 4 heteroatoms. The Bertz CT molecular complexity index is 348. The molecule has 0 radical (unpaired) electrons. The molecule has 2 rings (SSSR count). The zero-order valence-corrected chi connectivity index (χ0v) is 11.8. The Hall–Kier alpha value is -0.450. The maximum Gasteiger partial charge on any atom is 0.116 e. The minimum atomic E-state index is -0.0848. The van der Waals surface area contributed by atoms with E-state index < -0.39 is 0 Å². The second-order valence-corrected chi connectivity index (χ2v) is 5.73. The molecule has 3 nitrogen and oxygen atoms in total. The molecule has 0 amide bonds. The average molecular weight is 254 g/mol. The number of thiazole rings is 1. The molecule has 1 aliphatic carbocycles. The van der Waals surface area contributed by atoms with Gasteiger partial charge in [0.2, 0.25) is 0 Å². The van der Waals surface area contributed by atoms with Crippen molar-refractivity contribution in [3.63, 3.8) is 0 Å². The molecule has 17 heavy (non-hydrogen) atoms. The van der Waals surface area contributed by atoms with Gasteiger partial charge in [0.25, 0.3) is 0 Å². The number of aryl methyl sites for hydroxylation is 2. The summed E-state index contributed by atoms with van der Waals surface area (Å²) in [6.07, 6.45) is 4.66. The largest absolute Gasteiger partial charge is 0.382 e. The van der Waals surface area contributed by atoms with Crippen molar-refractivity contribution in [2.24, 2.45) is 0 Å². The van der Waals surface area contributed by atoms with Gasteiger partial charge in [-0.15, -0.1) is 11.3 Å². The quantitative estimate of drug-likeness (QED) is 0.847. The molecule has 0 fully saturated rings. The van der Waals surface area contributed by atoms with Crippen molar-refractivity contribution in [1.82, 2.24) is 10.3 Å². The lowest BCUT2D eigenvalue weighted by Crippen LogP contribution is -2.45. The minimum Gasteiger partial charge on any atom is -0.382 e. The molecule has 1 aliphatic rings. The molecule has 1 heterocycles. The van der Waals surface area contributed by atoms with Crippen LogP contribution in [0.5, 0.6) is 0 Å². The number of hydrogen-bond donors (Lipinski definition) is 1. The number of hydrogen-bond acceptors (Lipinski definition) is 4. The molecular formula is C13H22N2OS. The second kappa shape index (κ2) is 5.46. The van der Waals surface area contributed by atoms with Crippen LogP contribution in [0.4, 0.5) is 0 Å². The van der Waals surface area contributed by atoms with Gasteiger partial charge in [0.1, 0.15) is 5.01 Å². The molecule has 1 aromatic heterocycles. The predicted octanol–water partition coefficient (Wildman–Crippen LogP) is 2.49. The first-order chi connectivity index (χ1) is 8.25. The lowest BCUT2D eigenvalue weighted by atomic mass is 9.98. The van der Waals surface area contributed by atoms with E-state index in [0.29, 0.717) is 6.61 Å². The van der Waals surface area contributed by atoms with Crippen LogP contribution in [-0.2, 0) is 23.1 Å². The van der Waals surface area contributed by atoms with E-state index in [0.717, 1.165) is 19.4 Å². The lowest BCUT2D eigenvalue weighted by molar-refractivity contribution is 0.105. The topological polar surface area (TPSA) is 34.1 Å². The fraction of sp³-hybridized carbons (Fsp3) is 0.769. The first-order valence-electron chi connectivity index (χ1n) is 6.48. The first kappa shape index (κ1) is 13.0. The summed E-state index contributed by atoms with van der Waals surface area (Å²) in [5.74, 6) is 0. The number of methoxy groups -OCH3 is 1. The minimum absolute atomic E-state index is 0.0848. The summed E-state index contributed by atoms with van der Waals surface area (Å²) in [5, 5.41) is 4.79. The van der Waals surface area contributed by atoms with E-state index >= 15 is 0 Å². The number of nitrogens with one attached hydrogen (secondary N) is 1. The molecule has 1 atom stereocenters. The maximum absolute atomic E-state index is 5.41. The van der Waals surface area contributed by atoms with Crippen molar-refractivity contribution in [2.45, 2.75) is 45.1 Å². The van der Waals surface area contributed by atoms with E-state index in [-0.39, 0.29) is 5.54 Å². The van der Waals surface area contributed by atoms with Crippen LogP contribution >= 0.6 is 11.3 Å². The van der Waals surface area contributed by atoms with Crippen molar-refractivity contribution < 1.29 is 4.74 Å².